The van der Waals surface area contributed by atoms with Gasteiger partial charge in [0, 0.05) is 18.7 Å². The molecule has 1 aromatic carbocycles. The number of rotatable bonds is 9. The van der Waals surface area contributed by atoms with Gasteiger partial charge in [-0.15, -0.1) is 0 Å². The third-order valence-corrected chi connectivity index (χ3v) is 3.78. The quantitative estimate of drug-likeness (QED) is 0.416. The highest BCUT2D eigenvalue weighted by Gasteiger charge is 2.11. The van der Waals surface area contributed by atoms with Crippen molar-refractivity contribution < 1.29 is 18.7 Å². The molecular formula is C21H24N2O4. The van der Waals surface area contributed by atoms with Crippen LogP contribution in [0.5, 0.6) is 0 Å². The maximum Gasteiger partial charge on any atom is 0.325 e. The van der Waals surface area contributed by atoms with E-state index in [-0.39, 0.29) is 18.2 Å². The topological polar surface area (TPSA) is 71.8 Å². The van der Waals surface area contributed by atoms with Crippen molar-refractivity contribution in [2.45, 2.75) is 13.8 Å². The number of ether oxygens (including phenoxy) is 1. The third kappa shape index (κ3) is 5.88. The fraction of sp³-hybridized carbons (Fsp3) is 0.238. The maximum absolute atomic E-state index is 11.5. The number of allylic oxidation sites excluding steroid dienone is 1. The normalized spacial score (nSPS) is 11.0. The molecule has 0 radical (unpaired) electrons. The number of hydrogen-bond donors (Lipinski definition) is 1. The van der Waals surface area contributed by atoms with Gasteiger partial charge in [0.2, 0.25) is 0 Å². The summed E-state index contributed by atoms with van der Waals surface area (Å²) < 4.78 is 10.7. The Morgan fingerprint density at radius 1 is 1.33 bits per heavy atom. The SMILES string of the molecule is C=C(N/C(C=O)=C\c1ccc(-c2cccc(C)c2)o1)N(C)CC(=O)OCC. The zero-order chi connectivity index (χ0) is 19.8. The number of esters is 1. The largest absolute Gasteiger partial charge is 0.465 e. The van der Waals surface area contributed by atoms with Crippen LogP contribution in [-0.2, 0) is 14.3 Å². The monoisotopic (exact) mass is 368 g/mol. The van der Waals surface area contributed by atoms with E-state index in [0.29, 0.717) is 30.2 Å². The Balaban J connectivity index is 2.06. The lowest BCUT2D eigenvalue weighted by atomic mass is 10.1. The fourth-order valence-electron chi connectivity index (χ4n) is 2.39. The van der Waals surface area contributed by atoms with Crippen molar-refractivity contribution >= 4 is 18.3 Å². The Morgan fingerprint density at radius 3 is 2.78 bits per heavy atom. The van der Waals surface area contributed by atoms with Crippen molar-refractivity contribution in [3.05, 3.63) is 65.8 Å². The first-order chi connectivity index (χ1) is 12.9. The molecule has 0 aliphatic rings. The molecule has 0 spiro atoms. The third-order valence-electron chi connectivity index (χ3n) is 3.78. The zero-order valence-electron chi connectivity index (χ0n) is 15.8. The molecule has 0 saturated heterocycles. The van der Waals surface area contributed by atoms with Crippen LogP contribution in [0.2, 0.25) is 0 Å². The van der Waals surface area contributed by atoms with Gasteiger partial charge in [-0.1, -0.05) is 30.3 Å². The van der Waals surface area contributed by atoms with E-state index >= 15 is 0 Å². The van der Waals surface area contributed by atoms with Crippen LogP contribution in [-0.4, -0.2) is 37.4 Å². The maximum atomic E-state index is 11.5. The van der Waals surface area contributed by atoms with Gasteiger partial charge < -0.3 is 19.4 Å². The molecule has 6 heteroatoms. The minimum Gasteiger partial charge on any atom is -0.465 e. The van der Waals surface area contributed by atoms with Crippen molar-refractivity contribution in [2.75, 3.05) is 20.2 Å². The first-order valence-corrected chi connectivity index (χ1v) is 8.59. The van der Waals surface area contributed by atoms with E-state index in [2.05, 4.69) is 11.9 Å². The number of carbonyl (C=O) groups is 2. The number of aryl methyl sites for hydroxylation is 1. The standard InChI is InChI=1S/C21H24N2O4/c1-5-26-21(25)13-23(4)16(3)22-18(14-24)12-19-9-10-20(27-19)17-8-6-7-15(2)11-17/h6-12,14,22H,3,5,13H2,1-2,4H3/b18-12-. The minimum absolute atomic E-state index is 0.0318. The minimum atomic E-state index is -0.367. The lowest BCUT2D eigenvalue weighted by Crippen LogP contribution is -2.32. The molecule has 0 aliphatic heterocycles. The van der Waals surface area contributed by atoms with Crippen LogP contribution >= 0.6 is 0 Å². The Hall–Kier alpha value is -3.28. The molecular weight excluding hydrogens is 344 g/mol. The van der Waals surface area contributed by atoms with Gasteiger partial charge in [0.05, 0.1) is 18.1 Å². The summed E-state index contributed by atoms with van der Waals surface area (Å²) in [4.78, 5) is 24.5. The average molecular weight is 368 g/mol. The Kier molecular flexibility index (Phi) is 7.00. The molecule has 0 fully saturated rings. The number of hydrogen-bond acceptors (Lipinski definition) is 6. The van der Waals surface area contributed by atoms with Crippen LogP contribution in [0.1, 0.15) is 18.2 Å². The zero-order valence-corrected chi connectivity index (χ0v) is 15.8. The van der Waals surface area contributed by atoms with Crippen molar-refractivity contribution in [2.24, 2.45) is 0 Å². The van der Waals surface area contributed by atoms with Crippen LogP contribution in [0.15, 0.2) is 58.9 Å². The lowest BCUT2D eigenvalue weighted by Gasteiger charge is -2.21. The Bertz CT molecular complexity index is 851. The van der Waals surface area contributed by atoms with Gasteiger partial charge in [0.25, 0.3) is 0 Å². The molecule has 0 aliphatic carbocycles. The number of furan rings is 1. The van der Waals surface area contributed by atoms with Crippen LogP contribution in [0.3, 0.4) is 0 Å². The van der Waals surface area contributed by atoms with Gasteiger partial charge in [0.15, 0.2) is 6.29 Å². The summed E-state index contributed by atoms with van der Waals surface area (Å²) in [7, 11) is 1.68. The second-order valence-corrected chi connectivity index (χ2v) is 6.02. The average Bonchev–Trinajstić information content (AvgIpc) is 3.09. The van der Waals surface area contributed by atoms with Crippen molar-refractivity contribution in [1.29, 1.82) is 0 Å². The molecule has 0 amide bonds. The first-order valence-electron chi connectivity index (χ1n) is 8.59. The van der Waals surface area contributed by atoms with Crippen LogP contribution in [0, 0.1) is 6.92 Å². The number of aldehydes is 1. The number of nitrogens with zero attached hydrogens (tertiary/aromatic N) is 1. The molecule has 6 nitrogen and oxygen atoms in total. The van der Waals surface area contributed by atoms with E-state index in [0.717, 1.165) is 11.1 Å². The van der Waals surface area contributed by atoms with E-state index < -0.39 is 0 Å². The predicted octanol–water partition coefficient (Wildman–Crippen LogP) is 3.35. The van der Waals surface area contributed by atoms with Gasteiger partial charge in [-0.2, -0.15) is 0 Å². The summed E-state index contributed by atoms with van der Waals surface area (Å²) in [5.41, 5.74) is 2.37. The number of likely N-dealkylation sites (N-methyl/N-ethyl adjacent to an activating group) is 1. The molecule has 0 unspecified atom stereocenters. The molecule has 0 atom stereocenters. The highest BCUT2D eigenvalue weighted by Crippen LogP contribution is 2.24. The molecule has 1 heterocycles. The summed E-state index contributed by atoms with van der Waals surface area (Å²) in [5, 5.41) is 2.88. The summed E-state index contributed by atoms with van der Waals surface area (Å²) in [6.45, 7) is 7.94. The highest BCUT2D eigenvalue weighted by molar-refractivity contribution is 5.81. The number of nitrogens with one attached hydrogen (secondary N) is 1. The Morgan fingerprint density at radius 2 is 2.11 bits per heavy atom. The van der Waals surface area contributed by atoms with Crippen LogP contribution in [0.4, 0.5) is 0 Å². The van der Waals surface area contributed by atoms with E-state index in [1.54, 1.807) is 31.0 Å². The molecule has 0 saturated carbocycles. The molecule has 0 bridgehead atoms. The van der Waals surface area contributed by atoms with Crippen molar-refractivity contribution in [1.82, 2.24) is 10.2 Å². The van der Waals surface area contributed by atoms with Crippen molar-refractivity contribution in [3.8, 4) is 11.3 Å². The molecule has 142 valence electrons. The van der Waals surface area contributed by atoms with E-state index in [1.165, 1.54) is 0 Å². The van der Waals surface area contributed by atoms with Gasteiger partial charge in [-0.25, -0.2) is 0 Å². The number of benzene rings is 1. The summed E-state index contributed by atoms with van der Waals surface area (Å²) >= 11 is 0. The molecule has 1 N–H and O–H groups in total. The summed E-state index contributed by atoms with van der Waals surface area (Å²) in [5.74, 6) is 1.27. The van der Waals surface area contributed by atoms with Gasteiger partial charge >= 0.3 is 5.97 Å². The van der Waals surface area contributed by atoms with Crippen LogP contribution in [0.25, 0.3) is 17.4 Å². The predicted molar refractivity (Wildman–Crippen MR) is 104 cm³/mol. The van der Waals surface area contributed by atoms with Crippen LogP contribution < -0.4 is 5.32 Å². The second kappa shape index (κ2) is 9.43. The second-order valence-electron chi connectivity index (χ2n) is 6.02. The smallest absolute Gasteiger partial charge is 0.325 e. The first kappa shape index (κ1) is 20.0. The highest BCUT2D eigenvalue weighted by atomic mass is 16.5. The van der Waals surface area contributed by atoms with E-state index in [9.17, 15) is 9.59 Å². The van der Waals surface area contributed by atoms with Crippen molar-refractivity contribution in [3.63, 3.8) is 0 Å². The molecule has 27 heavy (non-hydrogen) atoms. The lowest BCUT2D eigenvalue weighted by molar-refractivity contribution is -0.143. The molecule has 2 aromatic rings. The van der Waals surface area contributed by atoms with Gasteiger partial charge in [-0.3, -0.25) is 9.59 Å². The molecule has 2 rings (SSSR count). The summed E-state index contributed by atoms with van der Waals surface area (Å²) in [6, 6.07) is 11.6. The Labute approximate surface area is 159 Å². The van der Waals surface area contributed by atoms with E-state index in [4.69, 9.17) is 9.15 Å². The molecule has 1 aromatic heterocycles. The van der Waals surface area contributed by atoms with E-state index in [1.807, 2.05) is 37.3 Å². The van der Waals surface area contributed by atoms with Gasteiger partial charge in [-0.05, 0) is 32.0 Å². The number of carbonyl (C=O) groups excluding carboxylic acids is 2. The fourth-order valence-corrected chi connectivity index (χ4v) is 2.39. The van der Waals surface area contributed by atoms with Gasteiger partial charge in [0.1, 0.15) is 18.1 Å². The summed E-state index contributed by atoms with van der Waals surface area (Å²) in [6.07, 6.45) is 2.24.